The van der Waals surface area contributed by atoms with Gasteiger partial charge in [0.05, 0.1) is 18.4 Å². The fourth-order valence-electron chi connectivity index (χ4n) is 3.91. The van der Waals surface area contributed by atoms with Crippen molar-refractivity contribution in [2.45, 2.75) is 45.3 Å². The van der Waals surface area contributed by atoms with E-state index in [1.54, 1.807) is 32.2 Å². The number of benzene rings is 2. The summed E-state index contributed by atoms with van der Waals surface area (Å²) in [6, 6.07) is 10.3. The van der Waals surface area contributed by atoms with Gasteiger partial charge in [-0.1, -0.05) is 19.1 Å². The normalized spacial score (nSPS) is 13.3. The monoisotopic (exact) mass is 547 g/mol. The molecule has 0 fully saturated rings. The minimum atomic E-state index is -3.60. The molecule has 0 aliphatic heterocycles. The third-order valence-corrected chi connectivity index (χ3v) is 7.39. The number of anilines is 1. The number of aliphatic hydroxyl groups excluding tert-OH is 1. The van der Waals surface area contributed by atoms with Gasteiger partial charge in [0.15, 0.2) is 5.82 Å². The summed E-state index contributed by atoms with van der Waals surface area (Å²) in [6.45, 7) is 3.58. The zero-order chi connectivity index (χ0) is 27.9. The first kappa shape index (κ1) is 29.1. The van der Waals surface area contributed by atoms with Crippen molar-refractivity contribution in [3.63, 3.8) is 0 Å². The number of sulfonamides is 1. The van der Waals surface area contributed by atoms with Gasteiger partial charge in [-0.2, -0.15) is 4.31 Å². The predicted molar refractivity (Wildman–Crippen MR) is 142 cm³/mol. The first-order valence-corrected chi connectivity index (χ1v) is 14.1. The Kier molecular flexibility index (Phi) is 9.89. The number of nitrogens with zero attached hydrogens (tertiary/aromatic N) is 5. The van der Waals surface area contributed by atoms with Crippen LogP contribution >= 0.6 is 0 Å². The molecule has 0 bridgehead atoms. The summed E-state index contributed by atoms with van der Waals surface area (Å²) in [6.07, 6.45) is 1.70. The van der Waals surface area contributed by atoms with Crippen LogP contribution in [-0.4, -0.2) is 75.6 Å². The lowest BCUT2D eigenvalue weighted by atomic mass is 10.1. The zero-order valence-corrected chi connectivity index (χ0v) is 22.7. The Labute approximate surface area is 222 Å². The Morgan fingerprint density at radius 3 is 2.50 bits per heavy atom. The number of aromatic nitrogens is 4. The molecule has 0 unspecified atom stereocenters. The molecule has 0 saturated heterocycles. The van der Waals surface area contributed by atoms with Crippen molar-refractivity contribution in [3.05, 3.63) is 59.4 Å². The van der Waals surface area contributed by atoms with Gasteiger partial charge in [-0.3, -0.25) is 0 Å². The van der Waals surface area contributed by atoms with Gasteiger partial charge in [-0.15, -0.1) is 5.10 Å². The molecule has 38 heavy (non-hydrogen) atoms. The van der Waals surface area contributed by atoms with Crippen LogP contribution < -0.4 is 10.6 Å². The van der Waals surface area contributed by atoms with E-state index in [1.807, 2.05) is 19.1 Å². The number of halogens is 1. The van der Waals surface area contributed by atoms with Crippen molar-refractivity contribution in [2.24, 2.45) is 7.05 Å². The number of nitrogens with one attached hydrogen (secondary N) is 2. The highest BCUT2D eigenvalue weighted by atomic mass is 32.2. The van der Waals surface area contributed by atoms with Gasteiger partial charge in [0, 0.05) is 31.4 Å². The first-order valence-electron chi connectivity index (χ1n) is 12.3. The number of rotatable bonds is 12. The molecule has 0 spiro atoms. The van der Waals surface area contributed by atoms with Crippen LogP contribution in [0, 0.1) is 5.82 Å². The molecule has 0 saturated carbocycles. The number of hydrogen-bond donors (Lipinski definition) is 3. The molecule has 0 aliphatic rings. The highest BCUT2D eigenvalue weighted by Crippen LogP contribution is 2.23. The van der Waals surface area contributed by atoms with E-state index in [1.165, 1.54) is 21.1 Å². The summed E-state index contributed by atoms with van der Waals surface area (Å²) in [4.78, 5) is 12.7. The average molecular weight is 548 g/mol. The van der Waals surface area contributed by atoms with Gasteiger partial charge in [-0.05, 0) is 78.1 Å². The second-order valence-electron chi connectivity index (χ2n) is 9.20. The lowest BCUT2D eigenvalue weighted by Crippen LogP contribution is -2.49. The number of urea groups is 1. The Morgan fingerprint density at radius 2 is 1.89 bits per heavy atom. The minimum absolute atomic E-state index is 0.176. The molecular formula is C25H34FN7O4S. The van der Waals surface area contributed by atoms with E-state index in [2.05, 4.69) is 26.2 Å². The van der Waals surface area contributed by atoms with Crippen molar-refractivity contribution in [1.29, 1.82) is 0 Å². The average Bonchev–Trinajstić information content (AvgIpc) is 3.29. The van der Waals surface area contributed by atoms with Gasteiger partial charge in [0.2, 0.25) is 10.0 Å². The third-order valence-electron chi connectivity index (χ3n) is 6.12. The second kappa shape index (κ2) is 12.9. The number of carbonyl (C=O) groups is 1. The molecule has 13 heteroatoms. The minimum Gasteiger partial charge on any atom is -0.390 e. The molecule has 3 N–H and O–H groups in total. The summed E-state index contributed by atoms with van der Waals surface area (Å²) in [7, 11) is -1.88. The molecular weight excluding hydrogens is 513 g/mol. The van der Waals surface area contributed by atoms with E-state index in [0.717, 1.165) is 29.4 Å². The maximum absolute atomic E-state index is 13.1. The Morgan fingerprint density at radius 1 is 1.18 bits per heavy atom. The van der Waals surface area contributed by atoms with Gasteiger partial charge in [0.25, 0.3) is 0 Å². The van der Waals surface area contributed by atoms with Gasteiger partial charge < -0.3 is 15.7 Å². The van der Waals surface area contributed by atoms with Crippen LogP contribution in [0.1, 0.15) is 31.4 Å². The molecule has 11 nitrogen and oxygen atoms in total. The molecule has 1 heterocycles. The van der Waals surface area contributed by atoms with Gasteiger partial charge in [0.1, 0.15) is 5.82 Å². The fourth-order valence-corrected chi connectivity index (χ4v) is 4.80. The topological polar surface area (TPSA) is 142 Å². The predicted octanol–water partition coefficient (Wildman–Crippen LogP) is 2.34. The van der Waals surface area contributed by atoms with E-state index in [9.17, 15) is 22.7 Å². The summed E-state index contributed by atoms with van der Waals surface area (Å²) in [5.41, 5.74) is 3.13. The maximum Gasteiger partial charge on any atom is 0.319 e. The van der Waals surface area contributed by atoms with Crippen molar-refractivity contribution in [1.82, 2.24) is 29.8 Å². The van der Waals surface area contributed by atoms with E-state index >= 15 is 0 Å². The summed E-state index contributed by atoms with van der Waals surface area (Å²) >= 11 is 0. The van der Waals surface area contributed by atoms with Crippen LogP contribution in [0.2, 0.25) is 0 Å². The van der Waals surface area contributed by atoms with Crippen LogP contribution in [0.15, 0.2) is 42.5 Å². The van der Waals surface area contributed by atoms with Crippen LogP contribution in [-0.2, 0) is 29.9 Å². The molecule has 3 aromatic rings. The molecule has 2 atom stereocenters. The summed E-state index contributed by atoms with van der Waals surface area (Å²) in [5, 5.41) is 27.6. The molecule has 2 aromatic carbocycles. The Hall–Kier alpha value is -3.42. The Bertz CT molecular complexity index is 1330. The summed E-state index contributed by atoms with van der Waals surface area (Å²) in [5.74, 6) is 0.217. The van der Waals surface area contributed by atoms with Crippen LogP contribution in [0.3, 0.4) is 0 Å². The van der Waals surface area contributed by atoms with Crippen LogP contribution in [0.4, 0.5) is 14.9 Å². The van der Waals surface area contributed by atoms with E-state index in [0.29, 0.717) is 24.4 Å². The smallest absolute Gasteiger partial charge is 0.319 e. The van der Waals surface area contributed by atoms with Crippen molar-refractivity contribution in [3.8, 4) is 11.4 Å². The van der Waals surface area contributed by atoms with Crippen molar-refractivity contribution < 1.29 is 22.7 Å². The highest BCUT2D eigenvalue weighted by molar-refractivity contribution is 7.88. The third kappa shape index (κ3) is 8.30. The lowest BCUT2D eigenvalue weighted by molar-refractivity contribution is 0.114. The molecule has 2 amide bonds. The van der Waals surface area contributed by atoms with Crippen molar-refractivity contribution in [2.75, 3.05) is 24.7 Å². The molecule has 1 aromatic heterocycles. The van der Waals surface area contributed by atoms with Crippen LogP contribution in [0.5, 0.6) is 0 Å². The van der Waals surface area contributed by atoms with Crippen LogP contribution in [0.25, 0.3) is 11.4 Å². The standard InChI is InChI=1S/C25H34FN7O4S/c1-5-18-13-20(24-29-30-31-32(24)3)15-22(14-18)28-25(35)27-17(2)23(34)16-33(38(4,36)37)12-6-7-19-8-10-21(26)11-9-19/h8-11,13-15,17,23,34H,5-7,12,16H2,1-4H3,(H2,27,28,35)/t17-,23-/m1/s1. The maximum atomic E-state index is 13.1. The Balaban J connectivity index is 1.58. The first-order chi connectivity index (χ1) is 18.0. The molecule has 3 rings (SSSR count). The molecule has 0 radical (unpaired) electrons. The molecule has 0 aliphatic carbocycles. The number of aliphatic hydroxyl groups is 1. The number of amides is 2. The molecule has 206 valence electrons. The quantitative estimate of drug-likeness (QED) is 0.316. The fraction of sp³-hybridized carbons (Fsp3) is 0.440. The van der Waals surface area contributed by atoms with E-state index in [4.69, 9.17) is 0 Å². The highest BCUT2D eigenvalue weighted by Gasteiger charge is 2.25. The SMILES string of the molecule is CCc1cc(NC(=O)N[C@H](C)[C@H](O)CN(CCCc2ccc(F)cc2)S(C)(=O)=O)cc(-c2nnnn2C)c1. The van der Waals surface area contributed by atoms with Crippen molar-refractivity contribution >= 4 is 21.7 Å². The second-order valence-corrected chi connectivity index (χ2v) is 11.2. The van der Waals surface area contributed by atoms with E-state index < -0.39 is 28.2 Å². The number of hydrogen-bond acceptors (Lipinski definition) is 7. The van der Waals surface area contributed by atoms with Gasteiger partial charge in [-0.25, -0.2) is 22.3 Å². The van der Waals surface area contributed by atoms with Gasteiger partial charge >= 0.3 is 6.03 Å². The largest absolute Gasteiger partial charge is 0.390 e. The summed E-state index contributed by atoms with van der Waals surface area (Å²) < 4.78 is 40.4. The number of aryl methyl sites for hydroxylation is 3. The number of tetrazole rings is 1. The number of carbonyl (C=O) groups excluding carboxylic acids is 1. The lowest BCUT2D eigenvalue weighted by Gasteiger charge is -2.27. The zero-order valence-electron chi connectivity index (χ0n) is 21.9. The van der Waals surface area contributed by atoms with E-state index in [-0.39, 0.29) is 18.9 Å².